The van der Waals surface area contributed by atoms with Gasteiger partial charge >= 0.3 is 0 Å². The van der Waals surface area contributed by atoms with E-state index >= 15 is 0 Å². The summed E-state index contributed by atoms with van der Waals surface area (Å²) in [5.41, 5.74) is 1.36. The highest BCUT2D eigenvalue weighted by molar-refractivity contribution is 6.30. The molecule has 2 aliphatic rings. The van der Waals surface area contributed by atoms with Crippen LogP contribution in [0.25, 0.3) is 0 Å². The minimum Gasteiger partial charge on any atom is -0.306 e. The first-order valence-corrected chi connectivity index (χ1v) is 8.27. The molecule has 1 N–H and O–H groups in total. The van der Waals surface area contributed by atoms with Crippen LogP contribution in [0.1, 0.15) is 44.7 Å². The largest absolute Gasteiger partial charge is 0.306 e. The summed E-state index contributed by atoms with van der Waals surface area (Å²) < 4.78 is 0. The fourth-order valence-electron chi connectivity index (χ4n) is 3.29. The standard InChI is InChI=1S/C17H25ClN2/c1-12(2)17(13-3-5-14(18)6-4-13)19-15-9-10-20(11-15)16-7-8-16/h3-6,12,15-17,19H,7-11H2,1-2H3. The van der Waals surface area contributed by atoms with Crippen molar-refractivity contribution in [2.45, 2.75) is 51.2 Å². The molecule has 2 atom stereocenters. The van der Waals surface area contributed by atoms with Crippen molar-refractivity contribution in [3.8, 4) is 0 Å². The molecule has 1 aromatic rings. The third-order valence-electron chi connectivity index (χ3n) is 4.59. The zero-order valence-corrected chi connectivity index (χ0v) is 13.2. The second kappa shape index (κ2) is 6.05. The number of hydrogen-bond donors (Lipinski definition) is 1. The second-order valence-corrected chi connectivity index (χ2v) is 7.09. The van der Waals surface area contributed by atoms with E-state index in [1.807, 2.05) is 12.1 Å². The summed E-state index contributed by atoms with van der Waals surface area (Å²) in [5, 5.41) is 4.70. The molecular formula is C17H25ClN2. The van der Waals surface area contributed by atoms with E-state index in [0.29, 0.717) is 18.0 Å². The molecule has 1 heterocycles. The third kappa shape index (κ3) is 3.36. The maximum absolute atomic E-state index is 6.00. The van der Waals surface area contributed by atoms with E-state index in [4.69, 9.17) is 11.6 Å². The van der Waals surface area contributed by atoms with E-state index in [0.717, 1.165) is 11.1 Å². The van der Waals surface area contributed by atoms with Gasteiger partial charge in [-0.25, -0.2) is 0 Å². The van der Waals surface area contributed by atoms with E-state index in [1.54, 1.807) is 0 Å². The molecule has 1 aliphatic carbocycles. The minimum atomic E-state index is 0.427. The van der Waals surface area contributed by atoms with E-state index in [2.05, 4.69) is 36.2 Å². The van der Waals surface area contributed by atoms with Crippen LogP contribution in [0.15, 0.2) is 24.3 Å². The molecule has 1 aromatic carbocycles. The Hall–Kier alpha value is -0.570. The first kappa shape index (κ1) is 14.4. The lowest BCUT2D eigenvalue weighted by Gasteiger charge is -2.27. The van der Waals surface area contributed by atoms with Crippen LogP contribution in [0.3, 0.4) is 0 Å². The molecule has 3 heteroatoms. The number of benzene rings is 1. The van der Waals surface area contributed by atoms with Gasteiger partial charge in [0.25, 0.3) is 0 Å². The normalized spacial score (nSPS) is 25.3. The Balaban J connectivity index is 1.64. The molecular weight excluding hydrogens is 268 g/mol. The van der Waals surface area contributed by atoms with Gasteiger partial charge in [0.15, 0.2) is 0 Å². The molecule has 0 radical (unpaired) electrons. The number of nitrogens with one attached hydrogen (secondary N) is 1. The van der Waals surface area contributed by atoms with Gasteiger partial charge in [0.2, 0.25) is 0 Å². The van der Waals surface area contributed by atoms with Crippen LogP contribution < -0.4 is 5.32 Å². The number of likely N-dealkylation sites (tertiary alicyclic amines) is 1. The van der Waals surface area contributed by atoms with Gasteiger partial charge in [0.1, 0.15) is 0 Å². The van der Waals surface area contributed by atoms with Crippen LogP contribution in [-0.4, -0.2) is 30.1 Å². The second-order valence-electron chi connectivity index (χ2n) is 6.65. The Kier molecular flexibility index (Phi) is 4.34. The van der Waals surface area contributed by atoms with Crippen molar-refractivity contribution in [1.29, 1.82) is 0 Å². The van der Waals surface area contributed by atoms with Crippen molar-refractivity contribution in [3.05, 3.63) is 34.9 Å². The summed E-state index contributed by atoms with van der Waals surface area (Å²) in [7, 11) is 0. The predicted octanol–water partition coefficient (Wildman–Crippen LogP) is 3.86. The maximum atomic E-state index is 6.00. The molecule has 20 heavy (non-hydrogen) atoms. The molecule has 3 rings (SSSR count). The molecule has 2 unspecified atom stereocenters. The highest BCUT2D eigenvalue weighted by Crippen LogP contribution is 2.31. The molecule has 0 amide bonds. The van der Waals surface area contributed by atoms with Crippen molar-refractivity contribution >= 4 is 11.6 Å². The average molecular weight is 293 g/mol. The van der Waals surface area contributed by atoms with E-state index in [-0.39, 0.29) is 0 Å². The third-order valence-corrected chi connectivity index (χ3v) is 4.85. The van der Waals surface area contributed by atoms with Crippen molar-refractivity contribution in [2.24, 2.45) is 5.92 Å². The monoisotopic (exact) mass is 292 g/mol. The molecule has 2 fully saturated rings. The van der Waals surface area contributed by atoms with Crippen LogP contribution in [0.4, 0.5) is 0 Å². The van der Waals surface area contributed by atoms with E-state index < -0.39 is 0 Å². The van der Waals surface area contributed by atoms with Gasteiger partial charge in [0.05, 0.1) is 0 Å². The zero-order valence-electron chi connectivity index (χ0n) is 12.5. The summed E-state index contributed by atoms with van der Waals surface area (Å²) in [6.45, 7) is 7.08. The van der Waals surface area contributed by atoms with E-state index in [1.165, 1.54) is 37.9 Å². The van der Waals surface area contributed by atoms with Crippen molar-refractivity contribution in [2.75, 3.05) is 13.1 Å². The first-order chi connectivity index (χ1) is 9.63. The fraction of sp³-hybridized carbons (Fsp3) is 0.647. The van der Waals surface area contributed by atoms with Gasteiger partial charge in [0, 0.05) is 36.2 Å². The maximum Gasteiger partial charge on any atom is 0.0406 e. The Morgan fingerprint density at radius 2 is 1.85 bits per heavy atom. The topological polar surface area (TPSA) is 15.3 Å². The number of hydrogen-bond acceptors (Lipinski definition) is 2. The Morgan fingerprint density at radius 1 is 1.15 bits per heavy atom. The molecule has 0 aromatic heterocycles. The lowest BCUT2D eigenvalue weighted by Crippen LogP contribution is -2.37. The minimum absolute atomic E-state index is 0.427. The van der Waals surface area contributed by atoms with Crippen LogP contribution in [-0.2, 0) is 0 Å². The van der Waals surface area contributed by atoms with Crippen LogP contribution in [0.5, 0.6) is 0 Å². The molecule has 2 nitrogen and oxygen atoms in total. The molecule has 1 aliphatic heterocycles. The van der Waals surface area contributed by atoms with Gasteiger partial charge in [-0.05, 0) is 42.9 Å². The summed E-state index contributed by atoms with van der Waals surface area (Å²) in [6, 6.07) is 10.3. The Bertz CT molecular complexity index is 439. The van der Waals surface area contributed by atoms with E-state index in [9.17, 15) is 0 Å². The van der Waals surface area contributed by atoms with Gasteiger partial charge < -0.3 is 5.32 Å². The summed E-state index contributed by atoms with van der Waals surface area (Å²) >= 11 is 6.00. The fourth-order valence-corrected chi connectivity index (χ4v) is 3.42. The molecule has 1 saturated carbocycles. The first-order valence-electron chi connectivity index (χ1n) is 7.89. The summed E-state index contributed by atoms with van der Waals surface area (Å²) in [6.07, 6.45) is 4.11. The van der Waals surface area contributed by atoms with Gasteiger partial charge in [-0.1, -0.05) is 37.6 Å². The Labute approximate surface area is 127 Å². The van der Waals surface area contributed by atoms with Gasteiger partial charge in [-0.2, -0.15) is 0 Å². The number of halogens is 1. The number of rotatable bonds is 5. The lowest BCUT2D eigenvalue weighted by molar-refractivity contribution is 0.302. The quantitative estimate of drug-likeness (QED) is 0.886. The summed E-state index contributed by atoms with van der Waals surface area (Å²) in [4.78, 5) is 2.66. The van der Waals surface area contributed by atoms with Crippen molar-refractivity contribution < 1.29 is 0 Å². The van der Waals surface area contributed by atoms with Crippen LogP contribution in [0, 0.1) is 5.92 Å². The molecule has 0 spiro atoms. The van der Waals surface area contributed by atoms with Crippen molar-refractivity contribution in [3.63, 3.8) is 0 Å². The molecule has 1 saturated heterocycles. The highest BCUT2D eigenvalue weighted by Gasteiger charge is 2.35. The lowest BCUT2D eigenvalue weighted by atomic mass is 9.95. The predicted molar refractivity (Wildman–Crippen MR) is 85.2 cm³/mol. The zero-order chi connectivity index (χ0) is 14.1. The smallest absolute Gasteiger partial charge is 0.0406 e. The van der Waals surface area contributed by atoms with Gasteiger partial charge in [-0.15, -0.1) is 0 Å². The SMILES string of the molecule is CC(C)C(NC1CCN(C2CC2)C1)c1ccc(Cl)cc1. The average Bonchev–Trinajstić information content (AvgIpc) is 3.17. The number of nitrogens with zero attached hydrogens (tertiary/aromatic N) is 1. The summed E-state index contributed by atoms with van der Waals surface area (Å²) in [5.74, 6) is 0.589. The molecule has 110 valence electrons. The Morgan fingerprint density at radius 3 is 2.45 bits per heavy atom. The molecule has 0 bridgehead atoms. The van der Waals surface area contributed by atoms with Gasteiger partial charge in [-0.3, -0.25) is 4.90 Å². The highest BCUT2D eigenvalue weighted by atomic mass is 35.5. The van der Waals surface area contributed by atoms with Crippen LogP contribution >= 0.6 is 11.6 Å². The van der Waals surface area contributed by atoms with Crippen LogP contribution in [0.2, 0.25) is 5.02 Å². The van der Waals surface area contributed by atoms with Crippen molar-refractivity contribution in [1.82, 2.24) is 10.2 Å².